The summed E-state index contributed by atoms with van der Waals surface area (Å²) < 4.78 is 1.91. The average Bonchev–Trinajstić information content (AvgIpc) is 2.88. The van der Waals surface area contributed by atoms with Crippen LogP contribution >= 0.6 is 0 Å². The predicted octanol–water partition coefficient (Wildman–Crippen LogP) is 2.92. The van der Waals surface area contributed by atoms with Crippen LogP contribution in [0.25, 0.3) is 5.65 Å². The first-order valence-electron chi connectivity index (χ1n) is 7.90. The van der Waals surface area contributed by atoms with Crippen LogP contribution in [-0.4, -0.2) is 42.7 Å². The minimum absolute atomic E-state index is 0.151. The molecule has 3 rings (SSSR count). The number of carboxylic acid groups (broad SMARTS) is 1. The number of hydrogen-bond acceptors (Lipinski definition) is 3. The molecule has 2 aromatic heterocycles. The Kier molecular flexibility index (Phi) is 3.80. The number of fused-ring (bicyclic) bond motifs is 1. The molecule has 6 heteroatoms. The van der Waals surface area contributed by atoms with E-state index in [-0.39, 0.29) is 17.5 Å². The lowest BCUT2D eigenvalue weighted by atomic mass is 9.78. The van der Waals surface area contributed by atoms with E-state index in [4.69, 9.17) is 0 Å². The van der Waals surface area contributed by atoms with Gasteiger partial charge >= 0.3 is 6.09 Å². The maximum absolute atomic E-state index is 12.0. The smallest absolute Gasteiger partial charge is 0.408 e. The molecule has 0 bridgehead atoms. The van der Waals surface area contributed by atoms with Gasteiger partial charge in [0.2, 0.25) is 0 Å². The predicted molar refractivity (Wildman–Crippen MR) is 86.3 cm³/mol. The van der Waals surface area contributed by atoms with Gasteiger partial charge in [0, 0.05) is 30.2 Å². The van der Waals surface area contributed by atoms with Crippen LogP contribution in [0.15, 0.2) is 30.7 Å². The summed E-state index contributed by atoms with van der Waals surface area (Å²) >= 11 is 0. The lowest BCUT2D eigenvalue weighted by Gasteiger charge is -2.47. The Morgan fingerprint density at radius 2 is 2.09 bits per heavy atom. The van der Waals surface area contributed by atoms with E-state index in [1.165, 1.54) is 4.90 Å². The number of amides is 1. The molecule has 6 nitrogen and oxygen atoms in total. The molecule has 2 aromatic rings. The summed E-state index contributed by atoms with van der Waals surface area (Å²) in [6, 6.07) is 3.38. The maximum atomic E-state index is 12.0. The fraction of sp³-hybridized carbons (Fsp3) is 0.529. The number of hydrogen-bond donors (Lipinski definition) is 2. The van der Waals surface area contributed by atoms with Crippen molar-refractivity contribution >= 4 is 11.7 Å². The first kappa shape index (κ1) is 15.8. The Balaban J connectivity index is 2.10. The molecule has 0 saturated heterocycles. The second kappa shape index (κ2) is 5.53. The largest absolute Gasteiger partial charge is 0.465 e. The molecular formula is C17H23N3O3. The topological polar surface area (TPSA) is 78.1 Å². The van der Waals surface area contributed by atoms with Crippen LogP contribution in [0, 0.1) is 5.41 Å². The van der Waals surface area contributed by atoms with Gasteiger partial charge in [-0.15, -0.1) is 0 Å². The molecule has 124 valence electrons. The quantitative estimate of drug-likeness (QED) is 0.912. The van der Waals surface area contributed by atoms with Crippen molar-refractivity contribution < 1.29 is 15.0 Å². The van der Waals surface area contributed by atoms with Crippen molar-refractivity contribution in [3.8, 4) is 0 Å². The zero-order valence-electron chi connectivity index (χ0n) is 13.7. The fourth-order valence-electron chi connectivity index (χ4n) is 3.48. The summed E-state index contributed by atoms with van der Waals surface area (Å²) in [5.41, 5.74) is 1.37. The number of aromatic nitrogens is 2. The van der Waals surface area contributed by atoms with Crippen LogP contribution in [0.1, 0.15) is 45.2 Å². The zero-order valence-corrected chi connectivity index (χ0v) is 13.7. The number of imidazole rings is 1. The van der Waals surface area contributed by atoms with Gasteiger partial charge in [-0.3, -0.25) is 4.90 Å². The highest BCUT2D eigenvalue weighted by Gasteiger charge is 2.44. The lowest BCUT2D eigenvalue weighted by molar-refractivity contribution is -0.0293. The second-order valence-corrected chi connectivity index (χ2v) is 7.36. The third kappa shape index (κ3) is 2.79. The summed E-state index contributed by atoms with van der Waals surface area (Å²) in [7, 11) is 0. The molecule has 0 spiro atoms. The number of nitrogens with zero attached hydrogens (tertiary/aromatic N) is 3. The van der Waals surface area contributed by atoms with Gasteiger partial charge in [0.05, 0.1) is 12.1 Å². The summed E-state index contributed by atoms with van der Waals surface area (Å²) in [6.45, 7) is 6.11. The van der Waals surface area contributed by atoms with E-state index in [0.29, 0.717) is 12.8 Å². The van der Waals surface area contributed by atoms with Gasteiger partial charge in [-0.1, -0.05) is 26.8 Å². The van der Waals surface area contributed by atoms with Crippen molar-refractivity contribution in [2.75, 3.05) is 0 Å². The Bertz CT molecular complexity index is 713. The van der Waals surface area contributed by atoms with Crippen LogP contribution in [-0.2, 0) is 0 Å². The second-order valence-electron chi connectivity index (χ2n) is 7.36. The van der Waals surface area contributed by atoms with Gasteiger partial charge in [0.25, 0.3) is 0 Å². The number of carbonyl (C=O) groups is 1. The van der Waals surface area contributed by atoms with E-state index in [9.17, 15) is 15.0 Å². The van der Waals surface area contributed by atoms with Gasteiger partial charge in [0.15, 0.2) is 0 Å². The summed E-state index contributed by atoms with van der Waals surface area (Å²) in [4.78, 5) is 17.9. The van der Waals surface area contributed by atoms with Gasteiger partial charge in [-0.2, -0.15) is 0 Å². The highest BCUT2D eigenvalue weighted by Crippen LogP contribution is 2.43. The van der Waals surface area contributed by atoms with Gasteiger partial charge in [-0.25, -0.2) is 9.78 Å². The van der Waals surface area contributed by atoms with Crippen molar-refractivity contribution in [2.24, 2.45) is 5.41 Å². The molecule has 2 heterocycles. The third-order valence-corrected chi connectivity index (χ3v) is 4.54. The fourth-order valence-corrected chi connectivity index (χ4v) is 3.48. The lowest BCUT2D eigenvalue weighted by Crippen LogP contribution is -2.53. The number of pyridine rings is 1. The molecule has 1 atom stereocenters. The molecule has 23 heavy (non-hydrogen) atoms. The van der Waals surface area contributed by atoms with Crippen molar-refractivity contribution in [1.29, 1.82) is 0 Å². The number of aliphatic hydroxyl groups is 1. The Labute approximate surface area is 135 Å². The normalized spacial score (nSPS) is 22.6. The summed E-state index contributed by atoms with van der Waals surface area (Å²) in [5.74, 6) is 0. The number of rotatable bonds is 3. The standard InChI is InChI=1S/C17H23N3O3/c1-17(2,3)14(20(16(22)23)11-9-12(21)10-11)13-5-4-7-19-8-6-18-15(13)19/h4-8,11-12,14,21H,9-10H2,1-3H3,(H,22,23). The highest BCUT2D eigenvalue weighted by molar-refractivity contribution is 5.68. The van der Waals surface area contributed by atoms with Crippen LogP contribution < -0.4 is 0 Å². The molecule has 1 fully saturated rings. The Morgan fingerprint density at radius 3 is 2.65 bits per heavy atom. The van der Waals surface area contributed by atoms with Crippen LogP contribution in [0.5, 0.6) is 0 Å². The molecular weight excluding hydrogens is 294 g/mol. The summed E-state index contributed by atoms with van der Waals surface area (Å²) in [6.07, 6.45) is 5.13. The van der Waals surface area contributed by atoms with Gasteiger partial charge in [0.1, 0.15) is 5.65 Å². The van der Waals surface area contributed by atoms with Crippen molar-refractivity contribution in [3.05, 3.63) is 36.3 Å². The molecule has 1 saturated carbocycles. The first-order chi connectivity index (χ1) is 10.8. The van der Waals surface area contributed by atoms with E-state index in [1.807, 2.05) is 49.7 Å². The Hall–Kier alpha value is -2.08. The Morgan fingerprint density at radius 1 is 1.39 bits per heavy atom. The van der Waals surface area contributed by atoms with Crippen molar-refractivity contribution in [1.82, 2.24) is 14.3 Å². The molecule has 1 aliphatic rings. The zero-order chi connectivity index (χ0) is 16.8. The molecule has 0 aromatic carbocycles. The van der Waals surface area contributed by atoms with E-state index in [0.717, 1.165) is 11.2 Å². The van der Waals surface area contributed by atoms with E-state index in [1.54, 1.807) is 6.20 Å². The maximum Gasteiger partial charge on any atom is 0.408 e. The summed E-state index contributed by atoms with van der Waals surface area (Å²) in [5, 5.41) is 19.4. The first-order valence-corrected chi connectivity index (χ1v) is 7.90. The molecule has 1 amide bonds. The third-order valence-electron chi connectivity index (χ3n) is 4.54. The van der Waals surface area contributed by atoms with Crippen LogP contribution in [0.4, 0.5) is 4.79 Å². The van der Waals surface area contributed by atoms with Gasteiger partial charge in [-0.05, 0) is 24.3 Å². The minimum Gasteiger partial charge on any atom is -0.465 e. The highest BCUT2D eigenvalue weighted by atomic mass is 16.4. The van der Waals surface area contributed by atoms with E-state index >= 15 is 0 Å². The average molecular weight is 317 g/mol. The van der Waals surface area contributed by atoms with Crippen LogP contribution in [0.2, 0.25) is 0 Å². The molecule has 0 radical (unpaired) electrons. The van der Waals surface area contributed by atoms with Crippen molar-refractivity contribution in [2.45, 2.75) is 51.8 Å². The van der Waals surface area contributed by atoms with Crippen molar-refractivity contribution in [3.63, 3.8) is 0 Å². The molecule has 2 N–H and O–H groups in total. The monoisotopic (exact) mass is 317 g/mol. The van der Waals surface area contributed by atoms with Crippen LogP contribution in [0.3, 0.4) is 0 Å². The van der Waals surface area contributed by atoms with E-state index < -0.39 is 12.2 Å². The number of aliphatic hydroxyl groups excluding tert-OH is 1. The van der Waals surface area contributed by atoms with Gasteiger partial charge < -0.3 is 14.6 Å². The molecule has 1 aliphatic carbocycles. The van der Waals surface area contributed by atoms with E-state index in [2.05, 4.69) is 4.98 Å². The molecule has 0 aliphatic heterocycles. The minimum atomic E-state index is -0.949. The molecule has 1 unspecified atom stereocenters. The SMILES string of the molecule is CC(C)(C)C(c1cccn2ccnc12)N(C(=O)O)C1CC(O)C1.